The maximum atomic E-state index is 11.5. The third-order valence-electron chi connectivity index (χ3n) is 9.43. The highest BCUT2D eigenvalue weighted by Gasteiger charge is 2.56. The van der Waals surface area contributed by atoms with Gasteiger partial charge in [0.05, 0.1) is 25.4 Å². The Kier molecular flexibility index (Phi) is 5.97. The number of hydrogen-bond donors (Lipinski definition) is 2. The maximum absolute atomic E-state index is 11.5. The number of rotatable bonds is 4. The number of hydrogen-bond acceptors (Lipinski definition) is 4. The second-order valence-electron chi connectivity index (χ2n) is 10.7. The Balaban J connectivity index is 1.49. The van der Waals surface area contributed by atoms with Crippen molar-refractivity contribution in [2.45, 2.75) is 77.4 Å². The molecule has 3 aliphatic carbocycles. The first-order valence-corrected chi connectivity index (χ1v) is 11.7. The molecule has 2 N–H and O–H groups in total. The van der Waals surface area contributed by atoms with E-state index >= 15 is 0 Å². The molecule has 0 radical (unpaired) electrons. The summed E-state index contributed by atoms with van der Waals surface area (Å²) in [4.78, 5) is 2.51. The highest BCUT2D eigenvalue weighted by molar-refractivity contribution is 5.21. The van der Waals surface area contributed by atoms with Crippen molar-refractivity contribution < 1.29 is 14.9 Å². The van der Waals surface area contributed by atoms with Crippen LogP contribution in [-0.2, 0) is 4.74 Å². The highest BCUT2D eigenvalue weighted by atomic mass is 16.5. The first kappa shape index (κ1) is 20.8. The molecule has 4 rings (SSSR count). The third-order valence-corrected chi connectivity index (χ3v) is 9.43. The largest absolute Gasteiger partial charge is 0.393 e. The fraction of sp³-hybridized carbons (Fsp3) is 0.917. The van der Waals surface area contributed by atoms with Crippen molar-refractivity contribution in [3.05, 3.63) is 12.2 Å². The molecule has 1 heterocycles. The van der Waals surface area contributed by atoms with Crippen LogP contribution in [0.4, 0.5) is 0 Å². The van der Waals surface area contributed by atoms with Crippen LogP contribution in [-0.4, -0.2) is 60.2 Å². The van der Waals surface area contributed by atoms with Gasteiger partial charge in [-0.3, -0.25) is 4.90 Å². The van der Waals surface area contributed by atoms with E-state index in [9.17, 15) is 10.2 Å². The zero-order valence-electron chi connectivity index (χ0n) is 18.0. The van der Waals surface area contributed by atoms with E-state index in [2.05, 4.69) is 25.3 Å². The Morgan fingerprint density at radius 2 is 1.82 bits per heavy atom. The molecule has 4 aliphatic rings. The summed E-state index contributed by atoms with van der Waals surface area (Å²) >= 11 is 0. The fourth-order valence-corrected chi connectivity index (χ4v) is 7.23. The van der Waals surface area contributed by atoms with Gasteiger partial charge in [-0.05, 0) is 86.5 Å². The predicted molar refractivity (Wildman–Crippen MR) is 112 cm³/mol. The standard InChI is InChI=1S/C24H41NO3/c1-17-4-5-20-22(27)21(7-10-23(17,20)2)24(3)9-6-19(26)16-18(24)8-11-25-12-14-28-15-13-25/h18-22,26-27H,1,4-16H2,2-3H3. The Hall–Kier alpha value is -0.420. The summed E-state index contributed by atoms with van der Waals surface area (Å²) in [6.07, 6.45) is 8.05. The Labute approximate surface area is 171 Å². The van der Waals surface area contributed by atoms with Crippen LogP contribution in [0.15, 0.2) is 12.2 Å². The second-order valence-corrected chi connectivity index (χ2v) is 10.7. The molecular weight excluding hydrogens is 350 g/mol. The maximum Gasteiger partial charge on any atom is 0.0610 e. The van der Waals surface area contributed by atoms with Crippen molar-refractivity contribution >= 4 is 0 Å². The van der Waals surface area contributed by atoms with Crippen LogP contribution in [0.1, 0.15) is 65.2 Å². The highest BCUT2D eigenvalue weighted by Crippen LogP contribution is 2.61. The fourth-order valence-electron chi connectivity index (χ4n) is 7.23. The van der Waals surface area contributed by atoms with Crippen LogP contribution >= 0.6 is 0 Å². The molecule has 4 heteroatoms. The van der Waals surface area contributed by atoms with Gasteiger partial charge in [-0.15, -0.1) is 0 Å². The summed E-state index contributed by atoms with van der Waals surface area (Å²) in [5, 5.41) is 21.9. The minimum absolute atomic E-state index is 0.135. The lowest BCUT2D eigenvalue weighted by molar-refractivity contribution is -0.121. The topological polar surface area (TPSA) is 52.9 Å². The first-order valence-electron chi connectivity index (χ1n) is 11.7. The summed E-state index contributed by atoms with van der Waals surface area (Å²) in [5.41, 5.74) is 1.64. The van der Waals surface area contributed by atoms with E-state index in [0.717, 1.165) is 77.8 Å². The van der Waals surface area contributed by atoms with Crippen molar-refractivity contribution in [1.82, 2.24) is 4.90 Å². The van der Waals surface area contributed by atoms with Crippen LogP contribution in [0.5, 0.6) is 0 Å². The predicted octanol–water partition coefficient (Wildman–Crippen LogP) is 3.62. The van der Waals surface area contributed by atoms with E-state index < -0.39 is 0 Å². The molecular formula is C24H41NO3. The Morgan fingerprint density at radius 3 is 2.57 bits per heavy atom. The van der Waals surface area contributed by atoms with E-state index in [-0.39, 0.29) is 23.0 Å². The van der Waals surface area contributed by atoms with Crippen LogP contribution in [0, 0.1) is 28.6 Å². The molecule has 160 valence electrons. The Morgan fingerprint density at radius 1 is 1.07 bits per heavy atom. The SMILES string of the molecule is C=C1CCC2C(O)C(C3(C)CCC(O)CC3CCN3CCOCC3)CCC12C. The quantitative estimate of drug-likeness (QED) is 0.719. The van der Waals surface area contributed by atoms with Crippen LogP contribution < -0.4 is 0 Å². The van der Waals surface area contributed by atoms with E-state index in [1.165, 1.54) is 12.0 Å². The zero-order chi connectivity index (χ0) is 19.9. The number of aliphatic hydroxyl groups is 2. The van der Waals surface area contributed by atoms with Gasteiger partial charge >= 0.3 is 0 Å². The molecule has 3 saturated carbocycles. The van der Waals surface area contributed by atoms with Crippen molar-refractivity contribution in [3.63, 3.8) is 0 Å². The van der Waals surface area contributed by atoms with Crippen molar-refractivity contribution in [2.75, 3.05) is 32.8 Å². The van der Waals surface area contributed by atoms with Gasteiger partial charge in [0.2, 0.25) is 0 Å². The van der Waals surface area contributed by atoms with Gasteiger partial charge in [-0.1, -0.05) is 26.0 Å². The number of morpholine rings is 1. The van der Waals surface area contributed by atoms with Gasteiger partial charge in [0, 0.05) is 13.1 Å². The molecule has 0 aromatic carbocycles. The van der Waals surface area contributed by atoms with Crippen molar-refractivity contribution in [3.8, 4) is 0 Å². The molecule has 1 aliphatic heterocycles. The first-order chi connectivity index (χ1) is 13.3. The van der Waals surface area contributed by atoms with Crippen molar-refractivity contribution in [2.24, 2.45) is 28.6 Å². The number of allylic oxidation sites excluding steroid dienone is 1. The molecule has 0 spiro atoms. The van der Waals surface area contributed by atoms with Gasteiger partial charge in [0.1, 0.15) is 0 Å². The summed E-state index contributed by atoms with van der Waals surface area (Å²) < 4.78 is 5.50. The van der Waals surface area contributed by atoms with Crippen molar-refractivity contribution in [1.29, 1.82) is 0 Å². The van der Waals surface area contributed by atoms with E-state index in [1.807, 2.05) is 0 Å². The minimum Gasteiger partial charge on any atom is -0.393 e. The Bertz CT molecular complexity index is 574. The molecule has 28 heavy (non-hydrogen) atoms. The van der Waals surface area contributed by atoms with E-state index in [1.54, 1.807) is 0 Å². The lowest BCUT2D eigenvalue weighted by Crippen LogP contribution is -2.53. The average molecular weight is 392 g/mol. The summed E-state index contributed by atoms with van der Waals surface area (Å²) in [7, 11) is 0. The van der Waals surface area contributed by atoms with Gasteiger partial charge in [-0.2, -0.15) is 0 Å². The average Bonchev–Trinajstić information content (AvgIpc) is 2.99. The summed E-state index contributed by atoms with van der Waals surface area (Å²) in [6, 6.07) is 0. The molecule has 7 unspecified atom stereocenters. The number of fused-ring (bicyclic) bond motifs is 1. The van der Waals surface area contributed by atoms with Gasteiger partial charge in [0.25, 0.3) is 0 Å². The lowest BCUT2D eigenvalue weighted by Gasteiger charge is -2.55. The van der Waals surface area contributed by atoms with Gasteiger partial charge in [0.15, 0.2) is 0 Å². The summed E-state index contributed by atoms with van der Waals surface area (Å²) in [6.45, 7) is 14.0. The van der Waals surface area contributed by atoms with Crippen LogP contribution in [0.2, 0.25) is 0 Å². The van der Waals surface area contributed by atoms with Crippen LogP contribution in [0.3, 0.4) is 0 Å². The number of ether oxygens (including phenoxy) is 1. The molecule has 7 atom stereocenters. The molecule has 0 aromatic heterocycles. The van der Waals surface area contributed by atoms with Crippen LogP contribution in [0.25, 0.3) is 0 Å². The number of nitrogens with zero attached hydrogens (tertiary/aromatic N) is 1. The molecule has 0 amide bonds. The minimum atomic E-state index is -0.218. The molecule has 0 aromatic rings. The third kappa shape index (κ3) is 3.59. The molecule has 4 nitrogen and oxygen atoms in total. The smallest absolute Gasteiger partial charge is 0.0610 e. The molecule has 0 bridgehead atoms. The second kappa shape index (κ2) is 8.02. The number of aliphatic hydroxyl groups excluding tert-OH is 2. The molecule has 4 fully saturated rings. The van der Waals surface area contributed by atoms with Gasteiger partial charge < -0.3 is 14.9 Å². The molecule has 1 saturated heterocycles. The monoisotopic (exact) mass is 391 g/mol. The zero-order valence-corrected chi connectivity index (χ0v) is 18.0. The normalized spacial score (nSPS) is 47.9. The van der Waals surface area contributed by atoms with E-state index in [4.69, 9.17) is 4.74 Å². The van der Waals surface area contributed by atoms with Gasteiger partial charge in [-0.25, -0.2) is 0 Å². The summed E-state index contributed by atoms with van der Waals surface area (Å²) in [5.74, 6) is 1.23. The van der Waals surface area contributed by atoms with E-state index in [0.29, 0.717) is 17.8 Å². The lowest BCUT2D eigenvalue weighted by atomic mass is 9.51.